The molecule has 0 spiro atoms. The largest absolute Gasteiger partial charge is 0.495 e. The van der Waals surface area contributed by atoms with E-state index in [2.05, 4.69) is 6.92 Å². The summed E-state index contributed by atoms with van der Waals surface area (Å²) in [6, 6.07) is 5.13. The molecule has 0 saturated heterocycles. The lowest BCUT2D eigenvalue weighted by atomic mass is 10.1. The molecule has 2 N–H and O–H groups in total. The van der Waals surface area contributed by atoms with Gasteiger partial charge in [0.2, 0.25) is 0 Å². The Balaban J connectivity index is 2.95. The molecule has 1 aromatic carbocycles. The van der Waals surface area contributed by atoms with Gasteiger partial charge >= 0.3 is 0 Å². The minimum Gasteiger partial charge on any atom is -0.495 e. The second-order valence-corrected chi connectivity index (χ2v) is 3.84. The van der Waals surface area contributed by atoms with E-state index in [0.29, 0.717) is 23.5 Å². The third-order valence-corrected chi connectivity index (χ3v) is 2.64. The Morgan fingerprint density at radius 2 is 2.12 bits per heavy atom. The molecule has 1 rings (SSSR count). The molecule has 0 aliphatic rings. The average molecular weight is 236 g/mol. The average Bonchev–Trinajstić information content (AvgIpc) is 2.35. The molecule has 0 atom stereocenters. The fourth-order valence-electron chi connectivity index (χ4n) is 1.70. The summed E-state index contributed by atoms with van der Waals surface area (Å²) >= 11 is 0. The Kier molecular flexibility index (Phi) is 4.82. The van der Waals surface area contributed by atoms with Crippen LogP contribution >= 0.6 is 0 Å². The van der Waals surface area contributed by atoms with Gasteiger partial charge in [0, 0.05) is 18.7 Å². The number of nitrogen functional groups attached to an aromatic ring is 1. The number of rotatable bonds is 5. The van der Waals surface area contributed by atoms with E-state index in [-0.39, 0.29) is 5.91 Å². The quantitative estimate of drug-likeness (QED) is 0.797. The number of benzene rings is 1. The van der Waals surface area contributed by atoms with Crippen molar-refractivity contribution in [2.75, 3.05) is 25.9 Å². The summed E-state index contributed by atoms with van der Waals surface area (Å²) in [6.45, 7) is 5.50. The number of anilines is 1. The van der Waals surface area contributed by atoms with Gasteiger partial charge in [0.25, 0.3) is 5.91 Å². The predicted octanol–water partition coefficient (Wildman–Crippen LogP) is 2.15. The first-order chi connectivity index (χ1) is 8.13. The number of hydrogen-bond acceptors (Lipinski definition) is 3. The van der Waals surface area contributed by atoms with Gasteiger partial charge in [-0.3, -0.25) is 4.79 Å². The Bertz CT molecular complexity index is 391. The van der Waals surface area contributed by atoms with Gasteiger partial charge in [-0.15, -0.1) is 0 Å². The fourth-order valence-corrected chi connectivity index (χ4v) is 1.70. The summed E-state index contributed by atoms with van der Waals surface area (Å²) in [5.74, 6) is 0.566. The van der Waals surface area contributed by atoms with Crippen LogP contribution in [0.3, 0.4) is 0 Å². The summed E-state index contributed by atoms with van der Waals surface area (Å²) in [4.78, 5) is 14.0. The van der Waals surface area contributed by atoms with Gasteiger partial charge in [-0.25, -0.2) is 0 Å². The van der Waals surface area contributed by atoms with E-state index < -0.39 is 0 Å². The molecule has 0 bridgehead atoms. The molecule has 0 aromatic heterocycles. The third kappa shape index (κ3) is 3.12. The van der Waals surface area contributed by atoms with Crippen LogP contribution in [-0.2, 0) is 0 Å². The van der Waals surface area contributed by atoms with Gasteiger partial charge < -0.3 is 15.4 Å². The zero-order chi connectivity index (χ0) is 12.8. The summed E-state index contributed by atoms with van der Waals surface area (Å²) in [5.41, 5.74) is 6.88. The van der Waals surface area contributed by atoms with Gasteiger partial charge in [-0.1, -0.05) is 6.92 Å². The first kappa shape index (κ1) is 13.4. The molecule has 1 amide bonds. The Morgan fingerprint density at radius 3 is 2.65 bits per heavy atom. The maximum atomic E-state index is 12.2. The first-order valence-corrected chi connectivity index (χ1v) is 5.86. The number of hydrogen-bond donors (Lipinski definition) is 1. The lowest BCUT2D eigenvalue weighted by Gasteiger charge is -2.20. The molecule has 0 aliphatic heterocycles. The molecular weight excluding hydrogens is 216 g/mol. The van der Waals surface area contributed by atoms with Crippen molar-refractivity contribution in [3.8, 4) is 5.75 Å². The van der Waals surface area contributed by atoms with Crippen LogP contribution < -0.4 is 10.5 Å². The van der Waals surface area contributed by atoms with E-state index in [0.717, 1.165) is 13.0 Å². The maximum Gasteiger partial charge on any atom is 0.253 e. The second-order valence-electron chi connectivity index (χ2n) is 3.84. The van der Waals surface area contributed by atoms with Crippen molar-refractivity contribution in [3.05, 3.63) is 23.8 Å². The Morgan fingerprint density at radius 1 is 1.41 bits per heavy atom. The van der Waals surface area contributed by atoms with E-state index in [1.54, 1.807) is 25.3 Å². The highest BCUT2D eigenvalue weighted by molar-refractivity contribution is 5.95. The van der Waals surface area contributed by atoms with Gasteiger partial charge in [-0.2, -0.15) is 0 Å². The summed E-state index contributed by atoms with van der Waals surface area (Å²) in [7, 11) is 1.55. The molecule has 0 saturated carbocycles. The number of carbonyl (C=O) groups is 1. The van der Waals surface area contributed by atoms with Crippen molar-refractivity contribution in [1.29, 1.82) is 0 Å². The number of ether oxygens (including phenoxy) is 1. The van der Waals surface area contributed by atoms with Crippen LogP contribution in [0, 0.1) is 0 Å². The van der Waals surface area contributed by atoms with E-state index >= 15 is 0 Å². The molecule has 4 nitrogen and oxygen atoms in total. The summed E-state index contributed by atoms with van der Waals surface area (Å²) in [5, 5.41) is 0. The first-order valence-electron chi connectivity index (χ1n) is 5.86. The minimum absolute atomic E-state index is 0.0210. The fraction of sp³-hybridized carbons (Fsp3) is 0.462. The number of nitrogens with two attached hydrogens (primary N) is 1. The molecule has 1 aromatic rings. The maximum absolute atomic E-state index is 12.2. The standard InChI is InChI=1S/C13H20N2O2/c1-4-8-15(5-2)13(16)10-6-7-11(14)12(9-10)17-3/h6-7,9H,4-5,8,14H2,1-3H3. The second kappa shape index (κ2) is 6.13. The predicted molar refractivity (Wildman–Crippen MR) is 69.3 cm³/mol. The van der Waals surface area contributed by atoms with Gasteiger partial charge in [-0.05, 0) is 31.5 Å². The van der Waals surface area contributed by atoms with Gasteiger partial charge in [0.15, 0.2) is 0 Å². The van der Waals surface area contributed by atoms with Crippen LogP contribution in [0.25, 0.3) is 0 Å². The van der Waals surface area contributed by atoms with Crippen molar-refractivity contribution in [2.45, 2.75) is 20.3 Å². The van der Waals surface area contributed by atoms with Crippen LogP contribution in [-0.4, -0.2) is 31.0 Å². The smallest absolute Gasteiger partial charge is 0.253 e. The zero-order valence-corrected chi connectivity index (χ0v) is 10.7. The van der Waals surface area contributed by atoms with Crippen molar-refractivity contribution in [2.24, 2.45) is 0 Å². The van der Waals surface area contributed by atoms with Crippen molar-refractivity contribution in [1.82, 2.24) is 4.90 Å². The van der Waals surface area contributed by atoms with Crippen LogP contribution in [0.5, 0.6) is 5.75 Å². The highest BCUT2D eigenvalue weighted by Gasteiger charge is 2.14. The van der Waals surface area contributed by atoms with Crippen LogP contribution in [0.1, 0.15) is 30.6 Å². The van der Waals surface area contributed by atoms with Crippen molar-refractivity contribution < 1.29 is 9.53 Å². The normalized spacial score (nSPS) is 10.1. The Labute approximate surface area is 102 Å². The molecule has 0 fully saturated rings. The van der Waals surface area contributed by atoms with Crippen molar-refractivity contribution >= 4 is 11.6 Å². The molecular formula is C13H20N2O2. The molecule has 17 heavy (non-hydrogen) atoms. The topological polar surface area (TPSA) is 55.6 Å². The number of carbonyl (C=O) groups excluding carboxylic acids is 1. The molecule has 0 heterocycles. The number of amides is 1. The SMILES string of the molecule is CCCN(CC)C(=O)c1ccc(N)c(OC)c1. The number of nitrogens with zero attached hydrogens (tertiary/aromatic N) is 1. The molecule has 0 unspecified atom stereocenters. The van der Waals surface area contributed by atoms with Gasteiger partial charge in [0.05, 0.1) is 12.8 Å². The molecule has 0 aliphatic carbocycles. The number of methoxy groups -OCH3 is 1. The monoisotopic (exact) mass is 236 g/mol. The van der Waals surface area contributed by atoms with Crippen LogP contribution in [0.2, 0.25) is 0 Å². The zero-order valence-electron chi connectivity index (χ0n) is 10.7. The minimum atomic E-state index is 0.0210. The lowest BCUT2D eigenvalue weighted by molar-refractivity contribution is 0.0764. The lowest BCUT2D eigenvalue weighted by Crippen LogP contribution is -2.31. The van der Waals surface area contributed by atoms with E-state index in [9.17, 15) is 4.79 Å². The van der Waals surface area contributed by atoms with Gasteiger partial charge in [0.1, 0.15) is 5.75 Å². The summed E-state index contributed by atoms with van der Waals surface area (Å²) in [6.07, 6.45) is 0.950. The van der Waals surface area contributed by atoms with Crippen LogP contribution in [0.15, 0.2) is 18.2 Å². The molecule has 4 heteroatoms. The highest BCUT2D eigenvalue weighted by atomic mass is 16.5. The van der Waals surface area contributed by atoms with Crippen LogP contribution in [0.4, 0.5) is 5.69 Å². The molecule has 0 radical (unpaired) electrons. The highest BCUT2D eigenvalue weighted by Crippen LogP contribution is 2.22. The molecule has 94 valence electrons. The Hall–Kier alpha value is -1.71. The summed E-state index contributed by atoms with van der Waals surface area (Å²) < 4.78 is 5.11. The van der Waals surface area contributed by atoms with Crippen molar-refractivity contribution in [3.63, 3.8) is 0 Å². The van der Waals surface area contributed by atoms with E-state index in [4.69, 9.17) is 10.5 Å². The third-order valence-electron chi connectivity index (χ3n) is 2.64. The van der Waals surface area contributed by atoms with E-state index in [1.807, 2.05) is 11.8 Å². The van der Waals surface area contributed by atoms with E-state index in [1.165, 1.54) is 0 Å².